The summed E-state index contributed by atoms with van der Waals surface area (Å²) in [6, 6.07) is -0.464. The highest BCUT2D eigenvalue weighted by molar-refractivity contribution is 6.05. The van der Waals surface area contributed by atoms with E-state index in [1.165, 1.54) is 0 Å². The van der Waals surface area contributed by atoms with Crippen molar-refractivity contribution in [3.05, 3.63) is 0 Å². The van der Waals surface area contributed by atoms with E-state index >= 15 is 0 Å². The SMILES string of the molecule is CCCC(O)CNC1CC(=O)NC1=O. The van der Waals surface area contributed by atoms with Crippen molar-refractivity contribution in [1.82, 2.24) is 10.6 Å². The first-order valence-corrected chi connectivity index (χ1v) is 4.88. The van der Waals surface area contributed by atoms with E-state index in [9.17, 15) is 14.7 Å². The van der Waals surface area contributed by atoms with Crippen LogP contribution >= 0.6 is 0 Å². The predicted molar refractivity (Wildman–Crippen MR) is 50.5 cm³/mol. The molecule has 2 amide bonds. The average molecular weight is 200 g/mol. The van der Waals surface area contributed by atoms with Gasteiger partial charge in [0.05, 0.1) is 18.6 Å². The lowest BCUT2D eigenvalue weighted by Gasteiger charge is -2.13. The number of aliphatic hydroxyl groups excluding tert-OH is 1. The molecule has 80 valence electrons. The number of nitrogens with one attached hydrogen (secondary N) is 2. The Bertz CT molecular complexity index is 230. The quantitative estimate of drug-likeness (QED) is 0.505. The molecule has 2 atom stereocenters. The Labute approximate surface area is 82.9 Å². The summed E-state index contributed by atoms with van der Waals surface area (Å²) in [5.41, 5.74) is 0. The van der Waals surface area contributed by atoms with Crippen LogP contribution in [0.3, 0.4) is 0 Å². The van der Waals surface area contributed by atoms with Gasteiger partial charge in [0.1, 0.15) is 0 Å². The van der Waals surface area contributed by atoms with E-state index in [0.717, 1.165) is 6.42 Å². The molecule has 1 rings (SSSR count). The first-order chi connectivity index (χ1) is 6.63. The average Bonchev–Trinajstić information content (AvgIpc) is 2.42. The Kier molecular flexibility index (Phi) is 4.03. The number of carbonyl (C=O) groups is 2. The molecule has 0 aromatic heterocycles. The van der Waals surface area contributed by atoms with Gasteiger partial charge in [0.2, 0.25) is 11.8 Å². The second-order valence-corrected chi connectivity index (χ2v) is 3.52. The number of hydrogen-bond donors (Lipinski definition) is 3. The van der Waals surface area contributed by atoms with E-state index in [1.54, 1.807) is 0 Å². The molecule has 0 aromatic carbocycles. The summed E-state index contributed by atoms with van der Waals surface area (Å²) in [6.07, 6.45) is 1.34. The minimum Gasteiger partial charge on any atom is -0.392 e. The molecule has 0 saturated carbocycles. The van der Waals surface area contributed by atoms with E-state index < -0.39 is 12.1 Å². The van der Waals surface area contributed by atoms with Crippen molar-refractivity contribution < 1.29 is 14.7 Å². The third-order valence-electron chi connectivity index (χ3n) is 2.19. The van der Waals surface area contributed by atoms with Crippen molar-refractivity contribution in [2.45, 2.75) is 38.3 Å². The molecule has 0 bridgehead atoms. The number of amides is 2. The molecule has 0 aliphatic carbocycles. The molecule has 2 unspecified atom stereocenters. The molecule has 3 N–H and O–H groups in total. The highest BCUT2D eigenvalue weighted by Crippen LogP contribution is 2.02. The fraction of sp³-hybridized carbons (Fsp3) is 0.778. The van der Waals surface area contributed by atoms with Gasteiger partial charge in [-0.1, -0.05) is 13.3 Å². The Hall–Kier alpha value is -0.940. The van der Waals surface area contributed by atoms with Gasteiger partial charge in [-0.2, -0.15) is 0 Å². The summed E-state index contributed by atoms with van der Waals surface area (Å²) >= 11 is 0. The Morgan fingerprint density at radius 1 is 1.64 bits per heavy atom. The van der Waals surface area contributed by atoms with Crippen molar-refractivity contribution in [1.29, 1.82) is 0 Å². The molecule has 1 aliphatic heterocycles. The van der Waals surface area contributed by atoms with Crippen molar-refractivity contribution in [2.24, 2.45) is 0 Å². The third-order valence-corrected chi connectivity index (χ3v) is 2.19. The van der Waals surface area contributed by atoms with Crippen LogP contribution in [0.1, 0.15) is 26.2 Å². The van der Waals surface area contributed by atoms with E-state index in [1.807, 2.05) is 6.92 Å². The summed E-state index contributed by atoms with van der Waals surface area (Å²) < 4.78 is 0. The molecule has 0 radical (unpaired) electrons. The van der Waals surface area contributed by atoms with Crippen LogP contribution < -0.4 is 10.6 Å². The lowest BCUT2D eigenvalue weighted by atomic mass is 10.2. The van der Waals surface area contributed by atoms with Crippen molar-refractivity contribution in [3.8, 4) is 0 Å². The van der Waals surface area contributed by atoms with Gasteiger partial charge in [-0.15, -0.1) is 0 Å². The fourth-order valence-corrected chi connectivity index (χ4v) is 1.43. The van der Waals surface area contributed by atoms with E-state index in [0.29, 0.717) is 13.0 Å². The molecular weight excluding hydrogens is 184 g/mol. The second-order valence-electron chi connectivity index (χ2n) is 3.52. The Morgan fingerprint density at radius 2 is 2.36 bits per heavy atom. The van der Waals surface area contributed by atoms with E-state index in [-0.39, 0.29) is 18.2 Å². The summed E-state index contributed by atoms with van der Waals surface area (Å²) in [5, 5.41) is 14.4. The zero-order valence-electron chi connectivity index (χ0n) is 8.25. The van der Waals surface area contributed by atoms with Crippen LogP contribution in [0.2, 0.25) is 0 Å². The van der Waals surface area contributed by atoms with Crippen LogP contribution in [-0.2, 0) is 9.59 Å². The molecular formula is C9H16N2O3. The number of rotatable bonds is 5. The van der Waals surface area contributed by atoms with E-state index in [4.69, 9.17) is 0 Å². The lowest BCUT2D eigenvalue weighted by Crippen LogP contribution is -2.40. The number of carbonyl (C=O) groups excluding carboxylic acids is 2. The van der Waals surface area contributed by atoms with Crippen LogP contribution in [0, 0.1) is 0 Å². The van der Waals surface area contributed by atoms with Crippen molar-refractivity contribution in [3.63, 3.8) is 0 Å². The molecule has 0 aromatic rings. The zero-order valence-corrected chi connectivity index (χ0v) is 8.25. The molecule has 1 saturated heterocycles. The van der Waals surface area contributed by atoms with Gasteiger partial charge in [0, 0.05) is 6.54 Å². The normalized spacial score (nSPS) is 23.7. The molecule has 14 heavy (non-hydrogen) atoms. The summed E-state index contributed by atoms with van der Waals surface area (Å²) in [7, 11) is 0. The molecule has 5 heteroatoms. The van der Waals surface area contributed by atoms with Crippen molar-refractivity contribution in [2.75, 3.05) is 6.54 Å². The van der Waals surface area contributed by atoms with Crippen LogP contribution in [0.5, 0.6) is 0 Å². The molecule has 0 spiro atoms. The Morgan fingerprint density at radius 3 is 2.86 bits per heavy atom. The molecule has 1 heterocycles. The van der Waals surface area contributed by atoms with Gasteiger partial charge in [0.25, 0.3) is 0 Å². The highest BCUT2D eigenvalue weighted by atomic mass is 16.3. The second kappa shape index (κ2) is 5.07. The smallest absolute Gasteiger partial charge is 0.244 e. The summed E-state index contributed by atoms with van der Waals surface area (Å²) in [6.45, 7) is 2.34. The lowest BCUT2D eigenvalue weighted by molar-refractivity contribution is -0.125. The van der Waals surface area contributed by atoms with Crippen LogP contribution in [0.25, 0.3) is 0 Å². The zero-order chi connectivity index (χ0) is 10.6. The maximum absolute atomic E-state index is 11.1. The topological polar surface area (TPSA) is 78.4 Å². The molecule has 1 aliphatic rings. The first kappa shape index (κ1) is 11.1. The predicted octanol–water partition coefficient (Wildman–Crippen LogP) is -0.848. The fourth-order valence-electron chi connectivity index (χ4n) is 1.43. The van der Waals surface area contributed by atoms with Crippen LogP contribution in [-0.4, -0.2) is 35.6 Å². The van der Waals surface area contributed by atoms with Crippen molar-refractivity contribution >= 4 is 11.8 Å². The summed E-state index contributed by atoms with van der Waals surface area (Å²) in [4.78, 5) is 21.9. The molecule has 1 fully saturated rings. The van der Waals surface area contributed by atoms with Gasteiger partial charge in [-0.05, 0) is 6.42 Å². The number of imide groups is 1. The highest BCUT2D eigenvalue weighted by Gasteiger charge is 2.30. The minimum absolute atomic E-state index is 0.178. The first-order valence-electron chi connectivity index (χ1n) is 4.88. The standard InChI is InChI=1S/C9H16N2O3/c1-2-3-6(12)5-10-7-4-8(13)11-9(7)14/h6-7,10,12H,2-5H2,1H3,(H,11,13,14). The monoisotopic (exact) mass is 200 g/mol. The van der Waals surface area contributed by atoms with Gasteiger partial charge in [0.15, 0.2) is 0 Å². The van der Waals surface area contributed by atoms with Gasteiger partial charge in [-0.3, -0.25) is 14.9 Å². The van der Waals surface area contributed by atoms with Gasteiger partial charge >= 0.3 is 0 Å². The number of hydrogen-bond acceptors (Lipinski definition) is 4. The third kappa shape index (κ3) is 3.08. The van der Waals surface area contributed by atoms with Crippen LogP contribution in [0.4, 0.5) is 0 Å². The maximum atomic E-state index is 11.1. The van der Waals surface area contributed by atoms with Crippen LogP contribution in [0.15, 0.2) is 0 Å². The molecule has 5 nitrogen and oxygen atoms in total. The van der Waals surface area contributed by atoms with Gasteiger partial charge in [-0.25, -0.2) is 0 Å². The number of aliphatic hydroxyl groups is 1. The largest absolute Gasteiger partial charge is 0.392 e. The van der Waals surface area contributed by atoms with Gasteiger partial charge < -0.3 is 10.4 Å². The maximum Gasteiger partial charge on any atom is 0.244 e. The Balaban J connectivity index is 2.24. The van der Waals surface area contributed by atoms with E-state index in [2.05, 4.69) is 10.6 Å². The minimum atomic E-state index is -0.464. The summed E-state index contributed by atoms with van der Waals surface area (Å²) in [5.74, 6) is -0.545.